The molecule has 0 fully saturated rings. The van der Waals surface area contributed by atoms with Gasteiger partial charge in [-0.2, -0.15) is 0 Å². The van der Waals surface area contributed by atoms with Gasteiger partial charge in [0.1, 0.15) is 23.0 Å². The Balaban J connectivity index is 2.73. The minimum atomic E-state index is -0.879. The summed E-state index contributed by atoms with van der Waals surface area (Å²) in [6.07, 6.45) is 13.5. The van der Waals surface area contributed by atoms with Gasteiger partial charge in [0.25, 0.3) is 0 Å². The lowest BCUT2D eigenvalue weighted by Crippen LogP contribution is -2.30. The van der Waals surface area contributed by atoms with Crippen LogP contribution in [0, 0.1) is 17.3 Å². The fourth-order valence-electron chi connectivity index (χ4n) is 4.97. The molecule has 206 valence electrons. The highest BCUT2D eigenvalue weighted by Gasteiger charge is 2.35. The van der Waals surface area contributed by atoms with Gasteiger partial charge in [-0.1, -0.05) is 98.5 Å². The van der Waals surface area contributed by atoms with Gasteiger partial charge in [0.05, 0.1) is 20.8 Å². The molecule has 5 heteroatoms. The third kappa shape index (κ3) is 12.3. The summed E-state index contributed by atoms with van der Waals surface area (Å²) in [5.74, 6) is -0.603. The van der Waals surface area contributed by atoms with Crippen molar-refractivity contribution in [1.82, 2.24) is 0 Å². The molecule has 5 nitrogen and oxygen atoms in total. The van der Waals surface area contributed by atoms with Crippen molar-refractivity contribution in [2.45, 2.75) is 112 Å². The molecule has 0 heterocycles. The van der Waals surface area contributed by atoms with Crippen LogP contribution in [0.2, 0.25) is 0 Å². The van der Waals surface area contributed by atoms with Gasteiger partial charge in [-0.3, -0.25) is 9.59 Å². The summed E-state index contributed by atoms with van der Waals surface area (Å²) in [5.41, 5.74) is 0.418. The normalized spacial score (nSPS) is 13.2. The predicted molar refractivity (Wildman–Crippen MR) is 148 cm³/mol. The number of Topliss-reactive ketones (excluding diaryl/α,β-unsaturated/α-hetero) is 1. The number of esters is 1. The van der Waals surface area contributed by atoms with Gasteiger partial charge in [0, 0.05) is 0 Å². The average molecular weight is 505 g/mol. The largest absolute Gasteiger partial charge is 0.496 e. The molecular weight excluding hydrogens is 452 g/mol. The van der Waals surface area contributed by atoms with Gasteiger partial charge in [0.15, 0.2) is 5.78 Å². The van der Waals surface area contributed by atoms with E-state index in [9.17, 15) is 9.59 Å². The third-order valence-corrected chi connectivity index (χ3v) is 6.62. The Hall–Kier alpha value is -2.04. The molecule has 0 spiro atoms. The number of ether oxygens (including phenoxy) is 3. The summed E-state index contributed by atoms with van der Waals surface area (Å²) in [4.78, 5) is 26.9. The molecule has 1 aromatic carbocycles. The Morgan fingerprint density at radius 1 is 0.833 bits per heavy atom. The molecule has 1 rings (SSSR count). The van der Waals surface area contributed by atoms with Crippen LogP contribution in [0.5, 0.6) is 11.5 Å². The van der Waals surface area contributed by atoms with E-state index in [1.54, 1.807) is 18.2 Å². The van der Waals surface area contributed by atoms with Gasteiger partial charge in [0.2, 0.25) is 0 Å². The zero-order chi connectivity index (χ0) is 27.0. The first-order valence-corrected chi connectivity index (χ1v) is 14.1. The number of hydrogen-bond donors (Lipinski definition) is 0. The summed E-state index contributed by atoms with van der Waals surface area (Å²) < 4.78 is 16.5. The first-order chi connectivity index (χ1) is 17.1. The molecule has 0 N–H and O–H groups in total. The van der Waals surface area contributed by atoms with Crippen LogP contribution in [0.25, 0.3) is 0 Å². The van der Waals surface area contributed by atoms with Crippen molar-refractivity contribution in [2.75, 3.05) is 20.8 Å². The van der Waals surface area contributed by atoms with Crippen LogP contribution >= 0.6 is 0 Å². The van der Waals surface area contributed by atoms with E-state index in [2.05, 4.69) is 34.6 Å². The zero-order valence-electron chi connectivity index (χ0n) is 24.1. The SMILES string of the molecule is CCCCCCCCCCCCOC(=O)C(CC(C)CC(C)(C)C)C(=O)c1c(OC)cccc1OC. The number of unbranched alkanes of at least 4 members (excludes halogenated alkanes) is 9. The fraction of sp³-hybridized carbons (Fsp3) is 0.742. The van der Waals surface area contributed by atoms with Gasteiger partial charge >= 0.3 is 5.97 Å². The Morgan fingerprint density at radius 3 is 1.81 bits per heavy atom. The minimum Gasteiger partial charge on any atom is -0.496 e. The van der Waals surface area contributed by atoms with E-state index in [1.165, 1.54) is 59.2 Å². The molecular formula is C31H52O5. The predicted octanol–water partition coefficient (Wildman–Crippen LogP) is 8.43. The number of hydrogen-bond acceptors (Lipinski definition) is 5. The van der Waals surface area contributed by atoms with Crippen LogP contribution in [0.3, 0.4) is 0 Å². The number of benzene rings is 1. The lowest BCUT2D eigenvalue weighted by molar-refractivity contribution is -0.147. The second-order valence-electron chi connectivity index (χ2n) is 11.4. The van der Waals surface area contributed by atoms with Crippen LogP contribution in [0.1, 0.15) is 122 Å². The van der Waals surface area contributed by atoms with Crippen molar-refractivity contribution in [2.24, 2.45) is 17.3 Å². The smallest absolute Gasteiger partial charge is 0.316 e. The van der Waals surface area contributed by atoms with E-state index in [4.69, 9.17) is 14.2 Å². The number of rotatable bonds is 19. The topological polar surface area (TPSA) is 61.8 Å². The first-order valence-electron chi connectivity index (χ1n) is 14.1. The molecule has 0 aliphatic rings. The highest BCUT2D eigenvalue weighted by molar-refractivity contribution is 6.11. The van der Waals surface area contributed by atoms with E-state index >= 15 is 0 Å². The lowest BCUT2D eigenvalue weighted by Gasteiger charge is -2.26. The highest BCUT2D eigenvalue weighted by atomic mass is 16.5. The first kappa shape index (κ1) is 32.0. The van der Waals surface area contributed by atoms with E-state index in [0.717, 1.165) is 25.7 Å². The monoisotopic (exact) mass is 504 g/mol. The molecule has 0 amide bonds. The summed E-state index contributed by atoms with van der Waals surface area (Å²) in [6, 6.07) is 5.22. The quantitative estimate of drug-likeness (QED) is 0.0818. The average Bonchev–Trinajstić information content (AvgIpc) is 2.83. The molecule has 36 heavy (non-hydrogen) atoms. The van der Waals surface area contributed by atoms with Crippen LogP contribution in [-0.4, -0.2) is 32.6 Å². The molecule has 2 atom stereocenters. The van der Waals surface area contributed by atoms with Crippen molar-refractivity contribution in [3.05, 3.63) is 23.8 Å². The maximum Gasteiger partial charge on any atom is 0.316 e. The number of ketones is 1. The summed E-state index contributed by atoms with van der Waals surface area (Å²) in [7, 11) is 3.04. The van der Waals surface area contributed by atoms with E-state index in [-0.39, 0.29) is 17.1 Å². The second kappa shape index (κ2) is 17.4. The Morgan fingerprint density at radius 2 is 1.33 bits per heavy atom. The van der Waals surface area contributed by atoms with Crippen molar-refractivity contribution < 1.29 is 23.8 Å². The molecule has 0 saturated carbocycles. The Bertz CT molecular complexity index is 742. The maximum absolute atomic E-state index is 13.7. The molecule has 0 aromatic heterocycles. The van der Waals surface area contributed by atoms with Crippen LogP contribution in [0.15, 0.2) is 18.2 Å². The molecule has 2 unspecified atom stereocenters. The number of carbonyl (C=O) groups excluding carboxylic acids is 2. The summed E-state index contributed by atoms with van der Waals surface area (Å²) in [6.45, 7) is 11.2. The van der Waals surface area contributed by atoms with Crippen molar-refractivity contribution in [3.8, 4) is 11.5 Å². The summed E-state index contributed by atoms with van der Waals surface area (Å²) in [5, 5.41) is 0. The van der Waals surface area contributed by atoms with Crippen molar-refractivity contribution in [3.63, 3.8) is 0 Å². The van der Waals surface area contributed by atoms with Gasteiger partial charge in [-0.15, -0.1) is 0 Å². The fourth-order valence-corrected chi connectivity index (χ4v) is 4.97. The van der Waals surface area contributed by atoms with E-state index in [0.29, 0.717) is 30.1 Å². The number of methoxy groups -OCH3 is 2. The van der Waals surface area contributed by atoms with Crippen molar-refractivity contribution >= 4 is 11.8 Å². The molecule has 1 aromatic rings. The Kier molecular flexibility index (Phi) is 15.5. The minimum absolute atomic E-state index is 0.106. The zero-order valence-corrected chi connectivity index (χ0v) is 24.1. The molecule has 0 saturated heterocycles. The lowest BCUT2D eigenvalue weighted by atomic mass is 9.80. The molecule has 0 bridgehead atoms. The maximum atomic E-state index is 13.7. The number of carbonyl (C=O) groups is 2. The van der Waals surface area contributed by atoms with Crippen LogP contribution in [0.4, 0.5) is 0 Å². The van der Waals surface area contributed by atoms with Gasteiger partial charge in [-0.05, 0) is 42.7 Å². The molecule has 0 radical (unpaired) electrons. The molecule has 0 aliphatic carbocycles. The van der Waals surface area contributed by atoms with E-state index < -0.39 is 11.9 Å². The summed E-state index contributed by atoms with van der Waals surface area (Å²) >= 11 is 0. The van der Waals surface area contributed by atoms with Crippen molar-refractivity contribution in [1.29, 1.82) is 0 Å². The van der Waals surface area contributed by atoms with E-state index in [1.807, 2.05) is 0 Å². The van der Waals surface area contributed by atoms with Gasteiger partial charge in [-0.25, -0.2) is 0 Å². The van der Waals surface area contributed by atoms with Crippen LogP contribution in [-0.2, 0) is 9.53 Å². The Labute approximate surface area is 220 Å². The second-order valence-corrected chi connectivity index (χ2v) is 11.4. The van der Waals surface area contributed by atoms with Gasteiger partial charge < -0.3 is 14.2 Å². The highest BCUT2D eigenvalue weighted by Crippen LogP contribution is 2.35. The molecule has 0 aliphatic heterocycles. The third-order valence-electron chi connectivity index (χ3n) is 6.62. The van der Waals surface area contributed by atoms with Crippen LogP contribution < -0.4 is 9.47 Å². The standard InChI is InChI=1S/C31H52O5/c1-8-9-10-11-12-13-14-15-16-17-21-36-30(33)25(22-24(2)23-31(3,4)5)29(32)28-26(34-6)19-18-20-27(28)35-7/h18-20,24-25H,8-17,21-23H2,1-7H3.